The quantitative estimate of drug-likeness (QED) is 0.897. The number of aliphatic hydroxyl groups excluding tert-OH is 1. The van der Waals surface area contributed by atoms with Crippen molar-refractivity contribution in [1.29, 1.82) is 0 Å². The van der Waals surface area contributed by atoms with Crippen LogP contribution in [0.25, 0.3) is 11.3 Å². The van der Waals surface area contributed by atoms with E-state index in [4.69, 9.17) is 9.84 Å². The van der Waals surface area contributed by atoms with Crippen molar-refractivity contribution in [2.75, 3.05) is 0 Å². The highest BCUT2D eigenvalue weighted by molar-refractivity contribution is 5.60. The fraction of sp³-hybridized carbons (Fsp3) is 0.286. The maximum absolute atomic E-state index is 9.11. The molecule has 0 bridgehead atoms. The molecule has 4 heteroatoms. The van der Waals surface area contributed by atoms with Crippen molar-refractivity contribution in [3.8, 4) is 17.0 Å². The molecule has 2 aromatic rings. The van der Waals surface area contributed by atoms with E-state index in [0.717, 1.165) is 22.6 Å². The summed E-state index contributed by atoms with van der Waals surface area (Å²) < 4.78 is 5.59. The Balaban J connectivity index is 2.32. The molecule has 0 fully saturated rings. The van der Waals surface area contributed by atoms with Crippen molar-refractivity contribution in [3.05, 3.63) is 42.4 Å². The molecule has 0 saturated carbocycles. The fourth-order valence-electron chi connectivity index (χ4n) is 1.63. The Hall–Kier alpha value is -1.94. The number of aliphatic hydroxyl groups is 1. The summed E-state index contributed by atoms with van der Waals surface area (Å²) in [4.78, 5) is 8.41. The average molecular weight is 244 g/mol. The van der Waals surface area contributed by atoms with Crippen LogP contribution in [-0.4, -0.2) is 21.2 Å². The minimum atomic E-state index is 0.00509. The second kappa shape index (κ2) is 5.60. The number of hydrogen-bond donors (Lipinski definition) is 1. The van der Waals surface area contributed by atoms with Crippen LogP contribution in [-0.2, 0) is 6.61 Å². The standard InChI is InChI=1S/C14H16N2O2/c1-10(2)18-13-6-12(7-15-8-13)14-5-11(9-17)3-4-16-14/h3-8,10,17H,9H2,1-2H3. The first-order valence-corrected chi connectivity index (χ1v) is 5.87. The molecular formula is C14H16N2O2. The smallest absolute Gasteiger partial charge is 0.138 e. The highest BCUT2D eigenvalue weighted by Crippen LogP contribution is 2.22. The van der Waals surface area contributed by atoms with Gasteiger partial charge in [-0.2, -0.15) is 0 Å². The van der Waals surface area contributed by atoms with Gasteiger partial charge in [0.05, 0.1) is 24.6 Å². The molecule has 2 heterocycles. The van der Waals surface area contributed by atoms with Gasteiger partial charge in [-0.15, -0.1) is 0 Å². The van der Waals surface area contributed by atoms with E-state index in [-0.39, 0.29) is 12.7 Å². The lowest BCUT2D eigenvalue weighted by Crippen LogP contribution is -2.05. The van der Waals surface area contributed by atoms with E-state index in [0.29, 0.717) is 0 Å². The maximum atomic E-state index is 9.11. The SMILES string of the molecule is CC(C)Oc1cncc(-c2cc(CO)ccn2)c1. The van der Waals surface area contributed by atoms with Gasteiger partial charge in [-0.25, -0.2) is 0 Å². The van der Waals surface area contributed by atoms with Crippen LogP contribution in [0.4, 0.5) is 0 Å². The largest absolute Gasteiger partial charge is 0.489 e. The second-order valence-corrected chi connectivity index (χ2v) is 4.28. The van der Waals surface area contributed by atoms with Gasteiger partial charge in [0.1, 0.15) is 5.75 Å². The van der Waals surface area contributed by atoms with Gasteiger partial charge in [0.15, 0.2) is 0 Å². The Kier molecular flexibility index (Phi) is 3.89. The highest BCUT2D eigenvalue weighted by atomic mass is 16.5. The van der Waals surface area contributed by atoms with Crippen LogP contribution < -0.4 is 4.74 Å². The third-order valence-corrected chi connectivity index (χ3v) is 2.39. The van der Waals surface area contributed by atoms with Crippen LogP contribution in [0.2, 0.25) is 0 Å². The van der Waals surface area contributed by atoms with Gasteiger partial charge in [-0.05, 0) is 37.6 Å². The van der Waals surface area contributed by atoms with Gasteiger partial charge in [-0.3, -0.25) is 9.97 Å². The summed E-state index contributed by atoms with van der Waals surface area (Å²) in [6.07, 6.45) is 5.20. The number of ether oxygens (including phenoxy) is 1. The molecule has 0 aliphatic heterocycles. The van der Waals surface area contributed by atoms with E-state index >= 15 is 0 Å². The molecule has 0 unspecified atom stereocenters. The van der Waals surface area contributed by atoms with Crippen molar-refractivity contribution in [1.82, 2.24) is 9.97 Å². The minimum absolute atomic E-state index is 0.00509. The Morgan fingerprint density at radius 2 is 2.11 bits per heavy atom. The van der Waals surface area contributed by atoms with Gasteiger partial charge in [-0.1, -0.05) is 0 Å². The molecule has 0 radical (unpaired) electrons. The molecule has 0 amide bonds. The summed E-state index contributed by atoms with van der Waals surface area (Å²) in [5, 5.41) is 9.11. The number of rotatable bonds is 4. The van der Waals surface area contributed by atoms with Gasteiger partial charge < -0.3 is 9.84 Å². The molecule has 94 valence electrons. The Bertz CT molecular complexity index is 527. The average Bonchev–Trinajstić information content (AvgIpc) is 2.38. The van der Waals surface area contributed by atoms with E-state index < -0.39 is 0 Å². The molecule has 0 saturated heterocycles. The number of hydrogen-bond acceptors (Lipinski definition) is 4. The van der Waals surface area contributed by atoms with Gasteiger partial charge in [0, 0.05) is 18.0 Å². The highest BCUT2D eigenvalue weighted by Gasteiger charge is 2.04. The van der Waals surface area contributed by atoms with Crippen LogP contribution in [0.15, 0.2) is 36.8 Å². The van der Waals surface area contributed by atoms with Crippen LogP contribution >= 0.6 is 0 Å². The van der Waals surface area contributed by atoms with E-state index in [1.165, 1.54) is 0 Å². The molecule has 4 nitrogen and oxygen atoms in total. The summed E-state index contributed by atoms with van der Waals surface area (Å²) in [7, 11) is 0. The van der Waals surface area contributed by atoms with Crippen LogP contribution in [0, 0.1) is 0 Å². The van der Waals surface area contributed by atoms with Crippen LogP contribution in [0.5, 0.6) is 5.75 Å². The summed E-state index contributed by atoms with van der Waals surface area (Å²) in [6, 6.07) is 5.53. The Labute approximate surface area is 106 Å². The first-order chi connectivity index (χ1) is 8.69. The van der Waals surface area contributed by atoms with E-state index in [2.05, 4.69) is 9.97 Å². The maximum Gasteiger partial charge on any atom is 0.138 e. The molecule has 0 atom stereocenters. The van der Waals surface area contributed by atoms with Crippen molar-refractivity contribution in [3.63, 3.8) is 0 Å². The predicted molar refractivity (Wildman–Crippen MR) is 69.2 cm³/mol. The van der Waals surface area contributed by atoms with Crippen LogP contribution in [0.1, 0.15) is 19.4 Å². The first-order valence-electron chi connectivity index (χ1n) is 5.87. The van der Waals surface area contributed by atoms with Gasteiger partial charge in [0.2, 0.25) is 0 Å². The van der Waals surface area contributed by atoms with Gasteiger partial charge in [0.25, 0.3) is 0 Å². The lowest BCUT2D eigenvalue weighted by Gasteiger charge is -2.10. The molecule has 2 rings (SSSR count). The van der Waals surface area contributed by atoms with E-state index in [9.17, 15) is 0 Å². The normalized spacial score (nSPS) is 10.7. The molecule has 0 spiro atoms. The third-order valence-electron chi connectivity index (χ3n) is 2.39. The van der Waals surface area contributed by atoms with Crippen molar-refractivity contribution >= 4 is 0 Å². The topological polar surface area (TPSA) is 55.2 Å². The molecule has 0 aromatic carbocycles. The number of nitrogens with zero attached hydrogens (tertiary/aromatic N) is 2. The summed E-state index contributed by atoms with van der Waals surface area (Å²) in [5.74, 6) is 0.721. The van der Waals surface area contributed by atoms with Crippen molar-refractivity contribution < 1.29 is 9.84 Å². The summed E-state index contributed by atoms with van der Waals surface area (Å²) in [5.41, 5.74) is 2.49. The molecule has 0 aliphatic rings. The summed E-state index contributed by atoms with van der Waals surface area (Å²) >= 11 is 0. The van der Waals surface area contributed by atoms with Crippen molar-refractivity contribution in [2.24, 2.45) is 0 Å². The number of pyridine rings is 2. The Morgan fingerprint density at radius 1 is 1.28 bits per heavy atom. The van der Waals surface area contributed by atoms with E-state index in [1.807, 2.05) is 26.0 Å². The molecule has 18 heavy (non-hydrogen) atoms. The molecule has 1 N–H and O–H groups in total. The van der Waals surface area contributed by atoms with Crippen LogP contribution in [0.3, 0.4) is 0 Å². The minimum Gasteiger partial charge on any atom is -0.489 e. The molecule has 0 aliphatic carbocycles. The zero-order chi connectivity index (χ0) is 13.0. The third kappa shape index (κ3) is 3.05. The lowest BCUT2D eigenvalue weighted by molar-refractivity contribution is 0.241. The van der Waals surface area contributed by atoms with Crippen molar-refractivity contribution in [2.45, 2.75) is 26.6 Å². The predicted octanol–water partition coefficient (Wildman–Crippen LogP) is 2.42. The lowest BCUT2D eigenvalue weighted by atomic mass is 10.1. The molecular weight excluding hydrogens is 228 g/mol. The zero-order valence-corrected chi connectivity index (χ0v) is 10.5. The Morgan fingerprint density at radius 3 is 2.83 bits per heavy atom. The van der Waals surface area contributed by atoms with Gasteiger partial charge >= 0.3 is 0 Å². The molecule has 2 aromatic heterocycles. The monoisotopic (exact) mass is 244 g/mol. The number of aromatic nitrogens is 2. The zero-order valence-electron chi connectivity index (χ0n) is 10.5. The first kappa shape index (κ1) is 12.5. The second-order valence-electron chi connectivity index (χ2n) is 4.28. The fourth-order valence-corrected chi connectivity index (χ4v) is 1.63. The van der Waals surface area contributed by atoms with E-state index in [1.54, 1.807) is 24.7 Å². The summed E-state index contributed by atoms with van der Waals surface area (Å²) in [6.45, 7) is 3.94.